The van der Waals surface area contributed by atoms with E-state index in [-0.39, 0.29) is 17.6 Å². The average molecular weight is 440 g/mol. The van der Waals surface area contributed by atoms with Gasteiger partial charge in [-0.05, 0) is 65.1 Å². The molecule has 6 heteroatoms. The number of thiophene rings is 1. The fourth-order valence-electron chi connectivity index (χ4n) is 3.73. The number of amides is 1. The van der Waals surface area contributed by atoms with Crippen LogP contribution in [0.15, 0.2) is 65.4 Å². The van der Waals surface area contributed by atoms with E-state index in [1.54, 1.807) is 28.4 Å². The van der Waals surface area contributed by atoms with Crippen LogP contribution in [0.1, 0.15) is 34.3 Å². The highest BCUT2D eigenvalue weighted by atomic mass is 32.1. The van der Waals surface area contributed by atoms with Gasteiger partial charge < -0.3 is 14.4 Å². The number of hydrogen-bond donors (Lipinski definition) is 0. The Hall–Kier alpha value is -2.70. The molecule has 31 heavy (non-hydrogen) atoms. The van der Waals surface area contributed by atoms with E-state index >= 15 is 0 Å². The zero-order chi connectivity index (χ0) is 21.5. The third-order valence-electron chi connectivity index (χ3n) is 5.35. The Balaban J connectivity index is 1.45. The normalized spacial score (nSPS) is 15.7. The number of halogens is 1. The predicted octanol–water partition coefficient (Wildman–Crippen LogP) is 5.33. The van der Waals surface area contributed by atoms with Gasteiger partial charge in [-0.25, -0.2) is 4.39 Å². The fraction of sp³-hybridized carbons (Fsp3) is 0.320. The van der Waals surface area contributed by atoms with Crippen LogP contribution >= 0.6 is 11.3 Å². The molecule has 2 aromatic carbocycles. The SMILES string of the molecule is O=C(c1ccccc1F)N(Cc1cccc(OCCc2ccsc2)c1)CC1CCCO1. The summed E-state index contributed by atoms with van der Waals surface area (Å²) in [5.74, 6) is -0.0594. The number of benzene rings is 2. The van der Waals surface area contributed by atoms with E-state index in [2.05, 4.69) is 16.8 Å². The van der Waals surface area contributed by atoms with Gasteiger partial charge in [0.15, 0.2) is 0 Å². The van der Waals surface area contributed by atoms with Gasteiger partial charge in [-0.2, -0.15) is 11.3 Å². The van der Waals surface area contributed by atoms with Gasteiger partial charge in [0.25, 0.3) is 5.91 Å². The van der Waals surface area contributed by atoms with Crippen molar-refractivity contribution < 1.29 is 18.7 Å². The molecule has 2 heterocycles. The van der Waals surface area contributed by atoms with E-state index in [9.17, 15) is 9.18 Å². The summed E-state index contributed by atoms with van der Waals surface area (Å²) in [6.45, 7) is 2.11. The number of hydrogen-bond acceptors (Lipinski definition) is 4. The van der Waals surface area contributed by atoms with Crippen LogP contribution in [-0.4, -0.2) is 36.7 Å². The highest BCUT2D eigenvalue weighted by Gasteiger charge is 2.25. The molecule has 0 aliphatic carbocycles. The van der Waals surface area contributed by atoms with E-state index in [0.717, 1.165) is 30.6 Å². The molecule has 1 aliphatic rings. The van der Waals surface area contributed by atoms with Gasteiger partial charge in [0, 0.05) is 26.1 Å². The van der Waals surface area contributed by atoms with Crippen molar-refractivity contribution in [3.63, 3.8) is 0 Å². The summed E-state index contributed by atoms with van der Waals surface area (Å²) in [6, 6.07) is 16.0. The number of rotatable bonds is 9. The molecule has 4 rings (SSSR count). The molecule has 1 fully saturated rings. The molecule has 1 amide bonds. The number of carbonyl (C=O) groups excluding carboxylic acids is 1. The van der Waals surface area contributed by atoms with Crippen molar-refractivity contribution in [2.45, 2.75) is 31.9 Å². The summed E-state index contributed by atoms with van der Waals surface area (Å²) in [5.41, 5.74) is 2.29. The summed E-state index contributed by atoms with van der Waals surface area (Å²) in [4.78, 5) is 14.8. The molecule has 0 bridgehead atoms. The molecule has 162 valence electrons. The van der Waals surface area contributed by atoms with Crippen LogP contribution in [-0.2, 0) is 17.7 Å². The molecular formula is C25H26FNO3S. The maximum Gasteiger partial charge on any atom is 0.257 e. The summed E-state index contributed by atoms with van der Waals surface area (Å²) < 4.78 is 25.9. The van der Waals surface area contributed by atoms with Crippen molar-refractivity contribution in [1.29, 1.82) is 0 Å². The molecule has 1 aromatic heterocycles. The smallest absolute Gasteiger partial charge is 0.257 e. The van der Waals surface area contributed by atoms with Crippen molar-refractivity contribution >= 4 is 17.2 Å². The minimum absolute atomic E-state index is 0.0132. The molecule has 0 spiro atoms. The van der Waals surface area contributed by atoms with Crippen molar-refractivity contribution in [2.24, 2.45) is 0 Å². The third-order valence-corrected chi connectivity index (χ3v) is 6.08. The summed E-state index contributed by atoms with van der Waals surface area (Å²) >= 11 is 1.68. The molecule has 0 radical (unpaired) electrons. The van der Waals surface area contributed by atoms with Crippen LogP contribution in [0.25, 0.3) is 0 Å². The number of ether oxygens (including phenoxy) is 2. The number of carbonyl (C=O) groups is 1. The lowest BCUT2D eigenvalue weighted by Gasteiger charge is -2.26. The summed E-state index contributed by atoms with van der Waals surface area (Å²) in [7, 11) is 0. The van der Waals surface area contributed by atoms with E-state index in [1.807, 2.05) is 24.3 Å². The van der Waals surface area contributed by atoms with E-state index in [0.29, 0.717) is 26.3 Å². The fourth-order valence-corrected chi connectivity index (χ4v) is 4.44. The minimum atomic E-state index is -0.504. The first-order valence-electron chi connectivity index (χ1n) is 10.6. The zero-order valence-electron chi connectivity index (χ0n) is 17.3. The lowest BCUT2D eigenvalue weighted by Crippen LogP contribution is -2.37. The first kappa shape index (κ1) is 21.5. The Kier molecular flexibility index (Phi) is 7.33. The predicted molar refractivity (Wildman–Crippen MR) is 120 cm³/mol. The van der Waals surface area contributed by atoms with E-state index in [1.165, 1.54) is 17.7 Å². The highest BCUT2D eigenvalue weighted by Crippen LogP contribution is 2.21. The van der Waals surface area contributed by atoms with Crippen molar-refractivity contribution in [2.75, 3.05) is 19.8 Å². The Bertz CT molecular complexity index is 986. The highest BCUT2D eigenvalue weighted by molar-refractivity contribution is 7.07. The third kappa shape index (κ3) is 5.93. The quantitative estimate of drug-likeness (QED) is 0.452. The van der Waals surface area contributed by atoms with Gasteiger partial charge in [0.05, 0.1) is 18.3 Å². The van der Waals surface area contributed by atoms with Crippen LogP contribution in [0.3, 0.4) is 0 Å². The Morgan fingerprint density at radius 2 is 2.06 bits per heavy atom. The molecule has 1 unspecified atom stereocenters. The largest absolute Gasteiger partial charge is 0.493 e. The molecule has 0 saturated carbocycles. The molecule has 1 saturated heterocycles. The summed E-state index contributed by atoms with van der Waals surface area (Å²) in [5, 5.41) is 4.18. The van der Waals surface area contributed by atoms with Crippen molar-refractivity contribution in [1.82, 2.24) is 4.90 Å². The lowest BCUT2D eigenvalue weighted by molar-refractivity contribution is 0.0503. The van der Waals surface area contributed by atoms with Gasteiger partial charge in [0.2, 0.25) is 0 Å². The Labute approximate surface area is 186 Å². The van der Waals surface area contributed by atoms with Crippen LogP contribution in [0.4, 0.5) is 4.39 Å². The van der Waals surface area contributed by atoms with Gasteiger partial charge in [-0.3, -0.25) is 4.79 Å². The Morgan fingerprint density at radius 3 is 2.84 bits per heavy atom. The van der Waals surface area contributed by atoms with Crippen LogP contribution in [0.5, 0.6) is 5.75 Å². The molecule has 4 nitrogen and oxygen atoms in total. The molecule has 3 aromatic rings. The minimum Gasteiger partial charge on any atom is -0.493 e. The second-order valence-corrected chi connectivity index (χ2v) is 8.46. The second kappa shape index (κ2) is 10.6. The maximum atomic E-state index is 14.3. The Morgan fingerprint density at radius 1 is 1.16 bits per heavy atom. The first-order valence-corrected chi connectivity index (χ1v) is 11.5. The van der Waals surface area contributed by atoms with Crippen LogP contribution < -0.4 is 4.74 Å². The van der Waals surface area contributed by atoms with Crippen molar-refractivity contribution in [3.05, 3.63) is 87.9 Å². The zero-order valence-corrected chi connectivity index (χ0v) is 18.2. The number of nitrogens with zero attached hydrogens (tertiary/aromatic N) is 1. The monoisotopic (exact) mass is 439 g/mol. The van der Waals surface area contributed by atoms with Crippen LogP contribution in [0, 0.1) is 5.82 Å². The van der Waals surface area contributed by atoms with Crippen molar-refractivity contribution in [3.8, 4) is 5.75 Å². The van der Waals surface area contributed by atoms with E-state index < -0.39 is 5.82 Å². The van der Waals surface area contributed by atoms with Crippen LogP contribution in [0.2, 0.25) is 0 Å². The van der Waals surface area contributed by atoms with Gasteiger partial charge in [0.1, 0.15) is 11.6 Å². The average Bonchev–Trinajstić information content (AvgIpc) is 3.48. The van der Waals surface area contributed by atoms with Gasteiger partial charge >= 0.3 is 0 Å². The summed E-state index contributed by atoms with van der Waals surface area (Å²) in [6.07, 6.45) is 2.73. The lowest BCUT2D eigenvalue weighted by atomic mass is 10.1. The molecule has 0 N–H and O–H groups in total. The molecule has 1 aliphatic heterocycles. The molecular weight excluding hydrogens is 413 g/mol. The maximum absolute atomic E-state index is 14.3. The van der Waals surface area contributed by atoms with Gasteiger partial charge in [-0.15, -0.1) is 0 Å². The first-order chi connectivity index (χ1) is 15.2. The standard InChI is InChI=1S/C25H26FNO3S/c26-24-9-2-1-8-23(24)25(28)27(17-22-7-4-12-29-22)16-20-5-3-6-21(15-20)30-13-10-19-11-14-31-18-19/h1-3,5-6,8-9,11,14-15,18,22H,4,7,10,12-13,16-17H2. The van der Waals surface area contributed by atoms with E-state index in [4.69, 9.17) is 9.47 Å². The second-order valence-electron chi connectivity index (χ2n) is 7.68. The molecule has 1 atom stereocenters. The van der Waals surface area contributed by atoms with Gasteiger partial charge in [-0.1, -0.05) is 24.3 Å². The topological polar surface area (TPSA) is 38.8 Å².